The van der Waals surface area contributed by atoms with E-state index in [1.807, 2.05) is 42.6 Å². The van der Waals surface area contributed by atoms with Crippen molar-refractivity contribution in [3.8, 4) is 0 Å². The fourth-order valence-corrected chi connectivity index (χ4v) is 8.54. The Morgan fingerprint density at radius 2 is 1.71 bits per heavy atom. The van der Waals surface area contributed by atoms with E-state index in [-0.39, 0.29) is 29.7 Å². The van der Waals surface area contributed by atoms with E-state index in [0.29, 0.717) is 55.9 Å². The number of anilines is 3. The highest BCUT2D eigenvalue weighted by atomic mass is 19.1. The second-order valence-electron chi connectivity index (χ2n) is 15.2. The summed E-state index contributed by atoms with van der Waals surface area (Å²) in [5.74, 6) is 0.253. The number of amides is 3. The number of fused-ring (bicyclic) bond motifs is 1. The molecule has 8 rings (SSSR count). The van der Waals surface area contributed by atoms with Crippen LogP contribution in [0.25, 0.3) is 11.0 Å². The van der Waals surface area contributed by atoms with Crippen LogP contribution in [0.5, 0.6) is 0 Å². The van der Waals surface area contributed by atoms with Gasteiger partial charge >= 0.3 is 0 Å². The van der Waals surface area contributed by atoms with E-state index in [1.54, 1.807) is 25.2 Å². The summed E-state index contributed by atoms with van der Waals surface area (Å²) in [6.07, 6.45) is 11.1. The predicted octanol–water partition coefficient (Wildman–Crippen LogP) is 5.14. The van der Waals surface area contributed by atoms with Gasteiger partial charge in [-0.05, 0) is 61.4 Å². The average molecular weight is 708 g/mol. The number of aromatic nitrogens is 4. The van der Waals surface area contributed by atoms with Crippen LogP contribution in [0.2, 0.25) is 0 Å². The number of imide groups is 1. The third-order valence-corrected chi connectivity index (χ3v) is 11.3. The van der Waals surface area contributed by atoms with Crippen molar-refractivity contribution in [1.82, 2.24) is 34.6 Å². The van der Waals surface area contributed by atoms with Crippen LogP contribution in [0.3, 0.4) is 0 Å². The lowest BCUT2D eigenvalue weighted by atomic mass is 9.84. The van der Waals surface area contributed by atoms with Gasteiger partial charge in [-0.2, -0.15) is 4.98 Å². The molecule has 3 amide bonds. The molecule has 12 nitrogen and oxygen atoms in total. The largest absolute Gasteiger partial charge is 0.370 e. The summed E-state index contributed by atoms with van der Waals surface area (Å²) >= 11 is 0. The number of pyridine rings is 1. The second kappa shape index (κ2) is 13.9. The number of nitrogens with zero attached hydrogens (tertiary/aromatic N) is 7. The first kappa shape index (κ1) is 34.2. The molecule has 0 bridgehead atoms. The van der Waals surface area contributed by atoms with Crippen LogP contribution in [0, 0.1) is 0 Å². The van der Waals surface area contributed by atoms with Crippen LogP contribution < -0.4 is 15.5 Å². The molecule has 2 N–H and O–H groups in total. The Hall–Kier alpha value is -4.91. The molecular formula is C39H46FN9O3. The molecule has 6 heterocycles. The predicted molar refractivity (Wildman–Crippen MR) is 196 cm³/mol. The lowest BCUT2D eigenvalue weighted by Gasteiger charge is -2.50. The zero-order valence-corrected chi connectivity index (χ0v) is 29.9. The Bertz CT molecular complexity index is 1960. The third-order valence-electron chi connectivity index (χ3n) is 11.3. The van der Waals surface area contributed by atoms with Crippen molar-refractivity contribution >= 4 is 46.2 Å². The van der Waals surface area contributed by atoms with E-state index >= 15 is 4.39 Å². The maximum absolute atomic E-state index is 15.7. The van der Waals surface area contributed by atoms with Gasteiger partial charge in [-0.25, -0.2) is 14.4 Å². The number of likely N-dealkylation sites (tertiary alicyclic amines) is 1. The Balaban J connectivity index is 0.837. The number of piperidine rings is 2. The van der Waals surface area contributed by atoms with E-state index in [0.717, 1.165) is 79.5 Å². The molecule has 0 radical (unpaired) electrons. The van der Waals surface area contributed by atoms with E-state index in [4.69, 9.17) is 4.98 Å². The molecule has 1 unspecified atom stereocenters. The molecule has 4 aromatic rings. The van der Waals surface area contributed by atoms with Gasteiger partial charge < -0.3 is 19.7 Å². The Labute approximate surface area is 302 Å². The molecular weight excluding hydrogens is 661 g/mol. The highest BCUT2D eigenvalue weighted by Crippen LogP contribution is 2.37. The lowest BCUT2D eigenvalue weighted by Crippen LogP contribution is -2.64. The summed E-state index contributed by atoms with van der Waals surface area (Å²) in [6, 6.07) is 14.1. The molecule has 1 atom stereocenters. The van der Waals surface area contributed by atoms with Gasteiger partial charge in [0.1, 0.15) is 22.8 Å². The minimum absolute atomic E-state index is 0.0335. The second-order valence-corrected chi connectivity index (χ2v) is 15.2. The molecule has 1 aliphatic carbocycles. The van der Waals surface area contributed by atoms with Crippen molar-refractivity contribution in [2.24, 2.45) is 0 Å². The molecule has 3 aromatic heterocycles. The monoisotopic (exact) mass is 707 g/mol. The first-order valence-corrected chi connectivity index (χ1v) is 18.6. The number of hydrogen-bond acceptors (Lipinski definition) is 9. The van der Waals surface area contributed by atoms with Crippen LogP contribution >= 0.6 is 0 Å². The fraction of sp³-hybridized carbons (Fsp3) is 0.487. The maximum Gasteiger partial charge on any atom is 0.270 e. The van der Waals surface area contributed by atoms with Gasteiger partial charge in [0.2, 0.25) is 17.8 Å². The van der Waals surface area contributed by atoms with Crippen molar-refractivity contribution in [3.63, 3.8) is 0 Å². The zero-order valence-electron chi connectivity index (χ0n) is 29.9. The average Bonchev–Trinajstić information content (AvgIpc) is 3.79. The first-order chi connectivity index (χ1) is 25.1. The first-order valence-electron chi connectivity index (χ1n) is 18.6. The maximum atomic E-state index is 15.7. The van der Waals surface area contributed by atoms with Crippen molar-refractivity contribution in [2.45, 2.75) is 81.5 Å². The summed E-state index contributed by atoms with van der Waals surface area (Å²) in [5, 5.41) is 6.52. The van der Waals surface area contributed by atoms with Crippen LogP contribution in [0.15, 0.2) is 54.9 Å². The molecule has 3 aliphatic heterocycles. The van der Waals surface area contributed by atoms with Gasteiger partial charge in [-0.1, -0.05) is 37.1 Å². The Morgan fingerprint density at radius 1 is 0.962 bits per heavy atom. The molecule has 52 heavy (non-hydrogen) atoms. The summed E-state index contributed by atoms with van der Waals surface area (Å²) in [6.45, 7) is 2.62. The molecule has 1 saturated carbocycles. The van der Waals surface area contributed by atoms with Crippen molar-refractivity contribution < 1.29 is 18.8 Å². The van der Waals surface area contributed by atoms with Gasteiger partial charge in [0, 0.05) is 76.8 Å². The molecule has 272 valence electrons. The number of carbonyl (C=O) groups excluding carboxylic acids is 3. The lowest BCUT2D eigenvalue weighted by molar-refractivity contribution is -0.134. The topological polar surface area (TPSA) is 129 Å². The van der Waals surface area contributed by atoms with Gasteiger partial charge in [-0.15, -0.1) is 0 Å². The fourth-order valence-electron chi connectivity index (χ4n) is 8.54. The normalized spacial score (nSPS) is 21.3. The standard InChI is InChI=1S/C39H46FN9O3/c1-46(2)37(52)32-19-27-21-42-38(45-35(27)49(32)29-5-3-4-6-29)43-33-13-11-30(22-41-33)47-17-15-28(16-18-47)48-23-39(40,24-48)20-25-7-9-26(10-8-25)31-12-14-34(50)44-36(31)51/h7-11,13,19,21-22,28-29,31H,3-6,12,14-18,20,23-24H2,1-2H3,(H,44,50,51)(H,41,42,43,45). The van der Waals surface area contributed by atoms with Crippen molar-refractivity contribution in [3.05, 3.63) is 71.7 Å². The Morgan fingerprint density at radius 3 is 2.38 bits per heavy atom. The van der Waals surface area contributed by atoms with E-state index in [2.05, 4.69) is 41.0 Å². The highest BCUT2D eigenvalue weighted by Gasteiger charge is 2.46. The van der Waals surface area contributed by atoms with Gasteiger partial charge in [0.25, 0.3) is 5.91 Å². The minimum Gasteiger partial charge on any atom is -0.370 e. The van der Waals surface area contributed by atoms with Crippen LogP contribution in [-0.4, -0.2) is 99.0 Å². The number of nitrogens with one attached hydrogen (secondary N) is 2. The molecule has 4 fully saturated rings. The van der Waals surface area contributed by atoms with Crippen molar-refractivity contribution in [2.75, 3.05) is 50.5 Å². The zero-order chi connectivity index (χ0) is 36.0. The van der Waals surface area contributed by atoms with Gasteiger partial charge in [0.05, 0.1) is 17.8 Å². The summed E-state index contributed by atoms with van der Waals surface area (Å²) in [7, 11) is 3.55. The van der Waals surface area contributed by atoms with Crippen LogP contribution in [-0.2, 0) is 16.0 Å². The smallest absolute Gasteiger partial charge is 0.270 e. The SMILES string of the molecule is CN(C)C(=O)c1cc2cnc(Nc3ccc(N4CCC(N5CC(F)(Cc6ccc(C7CCC(=O)NC7=O)cc6)C5)CC4)cn3)nc2n1C1CCCC1. The summed E-state index contributed by atoms with van der Waals surface area (Å²) < 4.78 is 17.8. The molecule has 4 aliphatic rings. The number of alkyl halides is 1. The molecule has 1 aromatic carbocycles. The Kier molecular flexibility index (Phi) is 9.14. The third kappa shape index (κ3) is 6.85. The number of halogens is 1. The van der Waals surface area contributed by atoms with Crippen LogP contribution in [0.1, 0.15) is 84.9 Å². The number of carbonyl (C=O) groups is 3. The van der Waals surface area contributed by atoms with E-state index < -0.39 is 5.67 Å². The summed E-state index contributed by atoms with van der Waals surface area (Å²) in [5.41, 5.74) is 3.01. The highest BCUT2D eigenvalue weighted by molar-refractivity contribution is 6.01. The number of benzene rings is 1. The number of rotatable bonds is 9. The molecule has 0 spiro atoms. The minimum atomic E-state index is -1.25. The molecule has 13 heteroatoms. The van der Waals surface area contributed by atoms with Crippen molar-refractivity contribution in [1.29, 1.82) is 0 Å². The number of hydrogen-bond donors (Lipinski definition) is 2. The summed E-state index contributed by atoms with van der Waals surface area (Å²) in [4.78, 5) is 57.0. The van der Waals surface area contributed by atoms with E-state index in [9.17, 15) is 14.4 Å². The van der Waals surface area contributed by atoms with Gasteiger partial charge in [0.15, 0.2) is 0 Å². The molecule has 3 saturated heterocycles. The van der Waals surface area contributed by atoms with Crippen LogP contribution in [0.4, 0.5) is 21.8 Å². The van der Waals surface area contributed by atoms with Gasteiger partial charge in [-0.3, -0.25) is 24.6 Å². The quantitative estimate of drug-likeness (QED) is 0.227. The van der Waals surface area contributed by atoms with E-state index in [1.165, 1.54) is 0 Å².